The Balaban J connectivity index is 2.08. The van der Waals surface area contributed by atoms with E-state index in [2.05, 4.69) is 9.62 Å². The molecule has 0 saturated carbocycles. The average molecular weight is 318 g/mol. The summed E-state index contributed by atoms with van der Waals surface area (Å²) < 4.78 is 27.7. The number of para-hydroxylation sites is 1. The molecule has 1 heterocycles. The van der Waals surface area contributed by atoms with Crippen molar-refractivity contribution in [3.05, 3.63) is 29.3 Å². The number of rotatable bonds is 4. The quantitative estimate of drug-likeness (QED) is 0.919. The van der Waals surface area contributed by atoms with Gasteiger partial charge >= 0.3 is 0 Å². The minimum atomic E-state index is -3.39. The van der Waals surface area contributed by atoms with Crippen molar-refractivity contribution < 1.29 is 8.42 Å². The predicted octanol–water partition coefficient (Wildman–Crippen LogP) is 1.70. The molecule has 1 fully saturated rings. The molecule has 1 aliphatic rings. The van der Waals surface area contributed by atoms with Crippen LogP contribution in [0.2, 0.25) is 5.02 Å². The van der Waals surface area contributed by atoms with Crippen molar-refractivity contribution in [2.75, 3.05) is 32.1 Å². The van der Waals surface area contributed by atoms with Crippen LogP contribution in [0.3, 0.4) is 0 Å². The molecule has 7 heteroatoms. The van der Waals surface area contributed by atoms with Gasteiger partial charge < -0.3 is 4.90 Å². The van der Waals surface area contributed by atoms with Crippen LogP contribution in [-0.2, 0) is 10.2 Å². The van der Waals surface area contributed by atoms with Crippen molar-refractivity contribution in [3.63, 3.8) is 0 Å². The summed E-state index contributed by atoms with van der Waals surface area (Å²) in [6.07, 6.45) is 1.78. The third-order valence-corrected chi connectivity index (χ3v) is 5.32. The molecule has 112 valence electrons. The molecule has 0 radical (unpaired) electrons. The van der Waals surface area contributed by atoms with E-state index in [1.165, 1.54) is 18.4 Å². The molecule has 5 nitrogen and oxygen atoms in total. The van der Waals surface area contributed by atoms with Gasteiger partial charge in [0.2, 0.25) is 0 Å². The lowest BCUT2D eigenvalue weighted by Crippen LogP contribution is -2.50. The van der Waals surface area contributed by atoms with Gasteiger partial charge in [0.1, 0.15) is 0 Å². The molecule has 1 aromatic carbocycles. The van der Waals surface area contributed by atoms with Gasteiger partial charge in [0, 0.05) is 33.2 Å². The Morgan fingerprint density at radius 2 is 2.05 bits per heavy atom. The summed E-state index contributed by atoms with van der Waals surface area (Å²) in [7, 11) is -0.340. The molecule has 20 heavy (non-hydrogen) atoms. The van der Waals surface area contributed by atoms with Crippen LogP contribution in [0.1, 0.15) is 12.8 Å². The number of hydrogen-bond donors (Lipinski definition) is 1. The topological polar surface area (TPSA) is 52.7 Å². The van der Waals surface area contributed by atoms with E-state index in [0.717, 1.165) is 25.1 Å². The van der Waals surface area contributed by atoms with Crippen LogP contribution < -0.4 is 9.62 Å². The normalized spacial score (nSPS) is 20.4. The van der Waals surface area contributed by atoms with Crippen molar-refractivity contribution in [2.45, 2.75) is 18.9 Å². The molecule has 0 spiro atoms. The molecule has 1 N–H and O–H groups in total. The molecular weight excluding hydrogens is 298 g/mol. The molecule has 0 aliphatic carbocycles. The lowest BCUT2D eigenvalue weighted by atomic mass is 10.1. The Hall–Kier alpha value is -0.820. The van der Waals surface area contributed by atoms with Crippen molar-refractivity contribution >= 4 is 27.5 Å². The lowest BCUT2D eigenvalue weighted by Gasteiger charge is -2.35. The molecule has 1 atom stereocenters. The van der Waals surface area contributed by atoms with Gasteiger partial charge in [0.25, 0.3) is 10.2 Å². The standard InChI is InChI=1S/C13H20ClN3O2S/c1-16(2)20(18,19)15-11-6-5-9-17(10-11)13-8-4-3-7-12(13)14/h3-4,7-8,11,15H,5-6,9-10H2,1-2H3/t11-/m0/s1. The molecule has 1 saturated heterocycles. The smallest absolute Gasteiger partial charge is 0.279 e. The Kier molecular flexibility index (Phi) is 4.90. The molecule has 0 unspecified atom stereocenters. The summed E-state index contributed by atoms with van der Waals surface area (Å²) in [5, 5.41) is 0.698. The van der Waals surface area contributed by atoms with Crippen LogP contribution in [0.25, 0.3) is 0 Å². The molecule has 2 rings (SSSR count). The largest absolute Gasteiger partial charge is 0.369 e. The summed E-state index contributed by atoms with van der Waals surface area (Å²) in [4.78, 5) is 2.13. The Morgan fingerprint density at radius 3 is 2.70 bits per heavy atom. The maximum absolute atomic E-state index is 11.9. The second kappa shape index (κ2) is 6.30. The van der Waals surface area contributed by atoms with Gasteiger partial charge in [-0.1, -0.05) is 23.7 Å². The van der Waals surface area contributed by atoms with Gasteiger partial charge in [-0.15, -0.1) is 0 Å². The molecule has 0 aromatic heterocycles. The van der Waals surface area contributed by atoms with Gasteiger partial charge in [-0.05, 0) is 25.0 Å². The number of nitrogens with zero attached hydrogens (tertiary/aromatic N) is 2. The zero-order valence-corrected chi connectivity index (χ0v) is 13.3. The summed E-state index contributed by atoms with van der Waals surface area (Å²) in [5.74, 6) is 0. The summed E-state index contributed by atoms with van der Waals surface area (Å²) >= 11 is 6.20. The highest BCUT2D eigenvalue weighted by Crippen LogP contribution is 2.27. The van der Waals surface area contributed by atoms with Crippen LogP contribution in [0.5, 0.6) is 0 Å². The highest BCUT2D eigenvalue weighted by molar-refractivity contribution is 7.87. The van der Waals surface area contributed by atoms with Gasteiger partial charge in [0.15, 0.2) is 0 Å². The van der Waals surface area contributed by atoms with Crippen LogP contribution in [0.4, 0.5) is 5.69 Å². The molecule has 0 bridgehead atoms. The second-order valence-electron chi connectivity index (χ2n) is 5.14. The fourth-order valence-electron chi connectivity index (χ4n) is 2.32. The molecular formula is C13H20ClN3O2S. The Morgan fingerprint density at radius 1 is 1.35 bits per heavy atom. The van der Waals surface area contributed by atoms with E-state index in [-0.39, 0.29) is 6.04 Å². The SMILES string of the molecule is CN(C)S(=O)(=O)N[C@H]1CCCN(c2ccccc2Cl)C1. The van der Waals surface area contributed by atoms with E-state index < -0.39 is 10.2 Å². The number of benzene rings is 1. The van der Waals surface area contributed by atoms with Gasteiger partial charge in [-0.3, -0.25) is 0 Å². The summed E-state index contributed by atoms with van der Waals surface area (Å²) in [6, 6.07) is 7.55. The minimum absolute atomic E-state index is 0.0903. The molecule has 1 aromatic rings. The summed E-state index contributed by atoms with van der Waals surface area (Å²) in [6.45, 7) is 1.53. The first-order chi connectivity index (χ1) is 9.40. The van der Waals surface area contributed by atoms with E-state index in [1.54, 1.807) is 0 Å². The van der Waals surface area contributed by atoms with Crippen molar-refractivity contribution in [2.24, 2.45) is 0 Å². The minimum Gasteiger partial charge on any atom is -0.369 e. The maximum atomic E-state index is 11.9. The first kappa shape index (κ1) is 15.6. The van der Waals surface area contributed by atoms with Crippen LogP contribution in [0, 0.1) is 0 Å². The molecule has 0 amide bonds. The van der Waals surface area contributed by atoms with E-state index in [4.69, 9.17) is 11.6 Å². The maximum Gasteiger partial charge on any atom is 0.279 e. The van der Waals surface area contributed by atoms with Crippen molar-refractivity contribution in [1.29, 1.82) is 0 Å². The fraction of sp³-hybridized carbons (Fsp3) is 0.538. The van der Waals surface area contributed by atoms with E-state index >= 15 is 0 Å². The zero-order valence-electron chi connectivity index (χ0n) is 11.7. The third kappa shape index (κ3) is 3.63. The summed E-state index contributed by atoms with van der Waals surface area (Å²) in [5.41, 5.74) is 0.961. The lowest BCUT2D eigenvalue weighted by molar-refractivity contribution is 0.442. The average Bonchev–Trinajstić information content (AvgIpc) is 2.39. The van der Waals surface area contributed by atoms with Gasteiger partial charge in [0.05, 0.1) is 10.7 Å². The van der Waals surface area contributed by atoms with Crippen LogP contribution >= 0.6 is 11.6 Å². The predicted molar refractivity (Wildman–Crippen MR) is 82.4 cm³/mol. The van der Waals surface area contributed by atoms with E-state index in [9.17, 15) is 8.42 Å². The van der Waals surface area contributed by atoms with E-state index in [0.29, 0.717) is 11.6 Å². The second-order valence-corrected chi connectivity index (χ2v) is 7.47. The fourth-order valence-corrected chi connectivity index (χ4v) is 3.40. The van der Waals surface area contributed by atoms with E-state index in [1.807, 2.05) is 24.3 Å². The van der Waals surface area contributed by atoms with Crippen molar-refractivity contribution in [3.8, 4) is 0 Å². The highest BCUT2D eigenvalue weighted by Gasteiger charge is 2.26. The van der Waals surface area contributed by atoms with Crippen LogP contribution in [0.15, 0.2) is 24.3 Å². The van der Waals surface area contributed by atoms with Crippen LogP contribution in [-0.4, -0.2) is 45.9 Å². The Labute approximate surface area is 125 Å². The highest BCUT2D eigenvalue weighted by atomic mass is 35.5. The Bertz CT molecular complexity index is 562. The monoisotopic (exact) mass is 317 g/mol. The first-order valence-electron chi connectivity index (χ1n) is 6.59. The first-order valence-corrected chi connectivity index (χ1v) is 8.41. The number of halogens is 1. The molecule has 1 aliphatic heterocycles. The number of anilines is 1. The van der Waals surface area contributed by atoms with Gasteiger partial charge in [-0.25, -0.2) is 0 Å². The zero-order chi connectivity index (χ0) is 14.8. The number of piperidine rings is 1. The number of hydrogen-bond acceptors (Lipinski definition) is 3. The van der Waals surface area contributed by atoms with Gasteiger partial charge in [-0.2, -0.15) is 17.4 Å². The third-order valence-electron chi connectivity index (χ3n) is 3.41. The number of nitrogens with one attached hydrogen (secondary N) is 1. The van der Waals surface area contributed by atoms with Crippen molar-refractivity contribution in [1.82, 2.24) is 9.03 Å².